The Balaban J connectivity index is 2.11. The number of hydrogen-bond acceptors (Lipinski definition) is 1. The van der Waals surface area contributed by atoms with Crippen LogP contribution in [0.25, 0.3) is 5.57 Å². The van der Waals surface area contributed by atoms with E-state index in [4.69, 9.17) is 0 Å². The summed E-state index contributed by atoms with van der Waals surface area (Å²) in [6, 6.07) is 12.8. The molecule has 0 fully saturated rings. The van der Waals surface area contributed by atoms with Crippen LogP contribution < -0.4 is 0 Å². The van der Waals surface area contributed by atoms with Crippen LogP contribution in [0.2, 0.25) is 0 Å². The Morgan fingerprint density at radius 1 is 1.00 bits per heavy atom. The molecule has 68 valence electrons. The van der Waals surface area contributed by atoms with Gasteiger partial charge < -0.3 is 0 Å². The van der Waals surface area contributed by atoms with Crippen molar-refractivity contribution in [3.05, 3.63) is 63.9 Å². The van der Waals surface area contributed by atoms with Crippen molar-refractivity contribution < 1.29 is 0 Å². The van der Waals surface area contributed by atoms with Gasteiger partial charge in [-0.25, -0.2) is 0 Å². The topological polar surface area (TPSA) is 0 Å². The molecular weight excluding hydrogens is 188 g/mol. The number of benzene rings is 1. The van der Waals surface area contributed by atoms with Crippen LogP contribution in [0.1, 0.15) is 16.0 Å². The maximum absolute atomic E-state index is 2.33. The lowest BCUT2D eigenvalue weighted by molar-refractivity contribution is 1.39. The van der Waals surface area contributed by atoms with Gasteiger partial charge in [-0.3, -0.25) is 0 Å². The Labute approximate surface area is 87.5 Å². The lowest BCUT2D eigenvalue weighted by atomic mass is 10.0. The number of allylic oxidation sites excluding steroid dienone is 1. The number of rotatable bonds is 1. The zero-order chi connectivity index (χ0) is 9.38. The standard InChI is InChI=1S/C13H10S/c1-2-4-10(5-3-1)11-6-7-13-12(11)8-9-14-13/h1-6,8-9H,7H2. The van der Waals surface area contributed by atoms with Crippen LogP contribution in [0, 0.1) is 0 Å². The van der Waals surface area contributed by atoms with Gasteiger partial charge in [0.2, 0.25) is 0 Å². The van der Waals surface area contributed by atoms with E-state index >= 15 is 0 Å². The fraction of sp³-hybridized carbons (Fsp3) is 0.0769. The van der Waals surface area contributed by atoms with Gasteiger partial charge in [0, 0.05) is 11.3 Å². The molecule has 0 nitrogen and oxygen atoms in total. The van der Waals surface area contributed by atoms with E-state index in [1.807, 2.05) is 11.3 Å². The maximum Gasteiger partial charge on any atom is 0.0162 e. The van der Waals surface area contributed by atoms with Gasteiger partial charge in [-0.1, -0.05) is 36.4 Å². The minimum absolute atomic E-state index is 1.11. The minimum Gasteiger partial charge on any atom is -0.148 e. The van der Waals surface area contributed by atoms with Crippen molar-refractivity contribution in [1.82, 2.24) is 0 Å². The minimum atomic E-state index is 1.11. The summed E-state index contributed by atoms with van der Waals surface area (Å²) < 4.78 is 0. The van der Waals surface area contributed by atoms with E-state index in [1.54, 1.807) is 0 Å². The van der Waals surface area contributed by atoms with E-state index in [0.29, 0.717) is 0 Å². The third-order valence-electron chi connectivity index (χ3n) is 2.61. The molecule has 1 aromatic heterocycles. The predicted octanol–water partition coefficient (Wildman–Crippen LogP) is 3.74. The van der Waals surface area contributed by atoms with Gasteiger partial charge >= 0.3 is 0 Å². The van der Waals surface area contributed by atoms with E-state index in [2.05, 4.69) is 47.9 Å². The van der Waals surface area contributed by atoms with Gasteiger partial charge in [-0.2, -0.15) is 0 Å². The highest BCUT2D eigenvalue weighted by molar-refractivity contribution is 7.10. The fourth-order valence-corrected chi connectivity index (χ4v) is 2.79. The molecule has 0 amide bonds. The molecule has 0 saturated carbocycles. The molecule has 1 aliphatic rings. The monoisotopic (exact) mass is 198 g/mol. The molecule has 0 radical (unpaired) electrons. The third-order valence-corrected chi connectivity index (χ3v) is 3.56. The van der Waals surface area contributed by atoms with E-state index in [0.717, 1.165) is 6.42 Å². The van der Waals surface area contributed by atoms with Crippen molar-refractivity contribution in [1.29, 1.82) is 0 Å². The van der Waals surface area contributed by atoms with Crippen molar-refractivity contribution in [2.24, 2.45) is 0 Å². The molecule has 1 aliphatic carbocycles. The van der Waals surface area contributed by atoms with Crippen LogP contribution >= 0.6 is 11.3 Å². The Hall–Kier alpha value is -1.34. The molecule has 2 aromatic rings. The van der Waals surface area contributed by atoms with Gasteiger partial charge in [-0.05, 0) is 28.1 Å². The average molecular weight is 198 g/mol. The van der Waals surface area contributed by atoms with Crippen LogP contribution in [0.15, 0.2) is 47.9 Å². The molecule has 14 heavy (non-hydrogen) atoms. The van der Waals surface area contributed by atoms with Crippen molar-refractivity contribution in [2.45, 2.75) is 6.42 Å². The highest BCUT2D eigenvalue weighted by Crippen LogP contribution is 2.35. The average Bonchev–Trinajstić information content (AvgIpc) is 2.79. The molecule has 0 bridgehead atoms. The molecule has 1 heteroatoms. The van der Waals surface area contributed by atoms with Gasteiger partial charge in [0.1, 0.15) is 0 Å². The summed E-state index contributed by atoms with van der Waals surface area (Å²) in [6.07, 6.45) is 3.44. The first-order valence-electron chi connectivity index (χ1n) is 4.77. The quantitative estimate of drug-likeness (QED) is 0.655. The van der Waals surface area contributed by atoms with E-state index in [-0.39, 0.29) is 0 Å². The summed E-state index contributed by atoms with van der Waals surface area (Å²) in [5.41, 5.74) is 4.17. The van der Waals surface area contributed by atoms with Crippen LogP contribution in [0.5, 0.6) is 0 Å². The SMILES string of the molecule is C1=C(c2ccccc2)c2ccsc2C1. The highest BCUT2D eigenvalue weighted by Gasteiger charge is 2.15. The lowest BCUT2D eigenvalue weighted by Gasteiger charge is -2.01. The number of fused-ring (bicyclic) bond motifs is 1. The normalized spacial score (nSPS) is 13.9. The molecule has 1 aromatic carbocycles. The largest absolute Gasteiger partial charge is 0.148 e. The van der Waals surface area contributed by atoms with Gasteiger partial charge in [0.15, 0.2) is 0 Å². The van der Waals surface area contributed by atoms with Crippen LogP contribution in [0.3, 0.4) is 0 Å². The van der Waals surface area contributed by atoms with E-state index in [9.17, 15) is 0 Å². The molecule has 0 aliphatic heterocycles. The second-order valence-corrected chi connectivity index (χ2v) is 4.45. The molecule has 0 spiro atoms. The molecule has 0 unspecified atom stereocenters. The van der Waals surface area contributed by atoms with Crippen LogP contribution in [0.4, 0.5) is 0 Å². The van der Waals surface area contributed by atoms with Crippen LogP contribution in [-0.2, 0) is 6.42 Å². The lowest BCUT2D eigenvalue weighted by Crippen LogP contribution is -1.81. The van der Waals surface area contributed by atoms with Crippen molar-refractivity contribution in [3.63, 3.8) is 0 Å². The Bertz CT molecular complexity index is 477. The predicted molar refractivity (Wildman–Crippen MR) is 61.5 cm³/mol. The zero-order valence-electron chi connectivity index (χ0n) is 7.73. The number of hydrogen-bond donors (Lipinski definition) is 0. The first-order chi connectivity index (χ1) is 6.95. The number of thiophene rings is 1. The maximum atomic E-state index is 2.33. The molecular formula is C13H10S. The Kier molecular flexibility index (Phi) is 1.78. The highest BCUT2D eigenvalue weighted by atomic mass is 32.1. The second-order valence-electron chi connectivity index (χ2n) is 3.45. The van der Waals surface area contributed by atoms with Gasteiger partial charge in [-0.15, -0.1) is 11.3 Å². The van der Waals surface area contributed by atoms with E-state index < -0.39 is 0 Å². The summed E-state index contributed by atoms with van der Waals surface area (Å²) in [7, 11) is 0. The molecule has 1 heterocycles. The molecule has 0 N–H and O–H groups in total. The molecule has 3 rings (SSSR count). The molecule has 0 saturated heterocycles. The Morgan fingerprint density at radius 2 is 1.86 bits per heavy atom. The third kappa shape index (κ3) is 1.13. The van der Waals surface area contributed by atoms with Crippen molar-refractivity contribution in [3.8, 4) is 0 Å². The van der Waals surface area contributed by atoms with Gasteiger partial charge in [0.25, 0.3) is 0 Å². The molecule has 0 atom stereocenters. The van der Waals surface area contributed by atoms with Crippen LogP contribution in [-0.4, -0.2) is 0 Å². The van der Waals surface area contributed by atoms with Crippen molar-refractivity contribution in [2.75, 3.05) is 0 Å². The zero-order valence-corrected chi connectivity index (χ0v) is 8.55. The second kappa shape index (κ2) is 3.10. The summed E-state index contributed by atoms with van der Waals surface area (Å²) in [5.74, 6) is 0. The summed E-state index contributed by atoms with van der Waals surface area (Å²) >= 11 is 1.86. The van der Waals surface area contributed by atoms with Gasteiger partial charge in [0.05, 0.1) is 0 Å². The fourth-order valence-electron chi connectivity index (χ4n) is 1.93. The first kappa shape index (κ1) is 8.01. The Morgan fingerprint density at radius 3 is 2.71 bits per heavy atom. The van der Waals surface area contributed by atoms with E-state index in [1.165, 1.54) is 21.6 Å². The van der Waals surface area contributed by atoms with Crippen molar-refractivity contribution >= 4 is 16.9 Å². The smallest absolute Gasteiger partial charge is 0.0162 e. The summed E-state index contributed by atoms with van der Waals surface area (Å²) in [6.45, 7) is 0. The summed E-state index contributed by atoms with van der Waals surface area (Å²) in [5, 5.41) is 2.18. The first-order valence-corrected chi connectivity index (χ1v) is 5.65. The summed E-state index contributed by atoms with van der Waals surface area (Å²) in [4.78, 5) is 1.50.